The highest BCUT2D eigenvalue weighted by Gasteiger charge is 2.40. The minimum Gasteiger partial charge on any atom is -0.480 e. The number of nitrogens with zero attached hydrogens (tertiary/aromatic N) is 1. The first-order valence-corrected chi connectivity index (χ1v) is 7.03. The van der Waals surface area contributed by atoms with Crippen LogP contribution < -0.4 is 5.32 Å². The molecule has 0 bridgehead atoms. The molecule has 0 atom stereocenters. The molecule has 1 saturated carbocycles. The van der Waals surface area contributed by atoms with Crippen LogP contribution in [-0.4, -0.2) is 27.5 Å². The molecular weight excluding hydrogens is 256 g/mol. The van der Waals surface area contributed by atoms with Crippen LogP contribution in [0.25, 0.3) is 0 Å². The van der Waals surface area contributed by atoms with Crippen molar-refractivity contribution in [2.45, 2.75) is 51.0 Å². The Labute approximate surface area is 118 Å². The third-order valence-corrected chi connectivity index (χ3v) is 3.94. The average Bonchev–Trinajstić information content (AvgIpc) is 2.65. The summed E-state index contributed by atoms with van der Waals surface area (Å²) in [6.45, 7) is 1.79. The van der Waals surface area contributed by atoms with E-state index in [1.54, 1.807) is 25.3 Å². The number of nitrogens with one attached hydrogen (secondary N) is 1. The summed E-state index contributed by atoms with van der Waals surface area (Å²) in [6.07, 6.45) is 6.21. The number of carboxylic acids is 1. The number of carbonyl (C=O) groups excluding carboxylic acids is 1. The molecule has 1 aromatic heterocycles. The van der Waals surface area contributed by atoms with Crippen molar-refractivity contribution >= 4 is 11.9 Å². The van der Waals surface area contributed by atoms with Crippen molar-refractivity contribution in [3.8, 4) is 0 Å². The van der Waals surface area contributed by atoms with E-state index in [-0.39, 0.29) is 0 Å². The summed E-state index contributed by atoms with van der Waals surface area (Å²) in [5.41, 5.74) is -0.0890. The first-order valence-electron chi connectivity index (χ1n) is 7.03. The van der Waals surface area contributed by atoms with E-state index in [1.807, 2.05) is 0 Å². The van der Waals surface area contributed by atoms with Gasteiger partial charge >= 0.3 is 5.97 Å². The number of pyridine rings is 1. The van der Waals surface area contributed by atoms with Crippen molar-refractivity contribution in [2.75, 3.05) is 0 Å². The second kappa shape index (κ2) is 6.03. The van der Waals surface area contributed by atoms with E-state index in [1.165, 1.54) is 0 Å². The Bertz CT molecular complexity index is 506. The number of amides is 1. The monoisotopic (exact) mass is 276 g/mol. The molecule has 108 valence electrons. The van der Waals surface area contributed by atoms with E-state index in [4.69, 9.17) is 0 Å². The maximum absolute atomic E-state index is 12.3. The molecule has 2 rings (SSSR count). The van der Waals surface area contributed by atoms with Crippen LogP contribution in [-0.2, 0) is 4.79 Å². The van der Waals surface area contributed by atoms with Crippen LogP contribution in [0.1, 0.15) is 54.6 Å². The fourth-order valence-electron chi connectivity index (χ4n) is 2.72. The lowest BCUT2D eigenvalue weighted by molar-refractivity contribution is -0.145. The highest BCUT2D eigenvalue weighted by Crippen LogP contribution is 2.28. The van der Waals surface area contributed by atoms with Gasteiger partial charge in [-0.2, -0.15) is 0 Å². The highest BCUT2D eigenvalue weighted by molar-refractivity contribution is 5.97. The van der Waals surface area contributed by atoms with Crippen molar-refractivity contribution in [1.82, 2.24) is 10.3 Å². The fraction of sp³-hybridized carbons (Fsp3) is 0.533. The van der Waals surface area contributed by atoms with Gasteiger partial charge in [-0.3, -0.25) is 9.78 Å². The predicted molar refractivity (Wildman–Crippen MR) is 74.5 cm³/mol. The molecule has 0 aromatic carbocycles. The Morgan fingerprint density at radius 2 is 1.90 bits per heavy atom. The van der Waals surface area contributed by atoms with E-state index in [0.717, 1.165) is 31.2 Å². The smallest absolute Gasteiger partial charge is 0.329 e. The minimum absolute atomic E-state index is 0.303. The third kappa shape index (κ3) is 2.98. The summed E-state index contributed by atoms with van der Waals surface area (Å²) in [4.78, 5) is 28.0. The van der Waals surface area contributed by atoms with Crippen molar-refractivity contribution < 1.29 is 14.7 Å². The first-order chi connectivity index (χ1) is 9.55. The number of hydrogen-bond acceptors (Lipinski definition) is 3. The summed E-state index contributed by atoms with van der Waals surface area (Å²) in [7, 11) is 0. The zero-order chi connectivity index (χ0) is 14.6. The van der Waals surface area contributed by atoms with E-state index in [2.05, 4.69) is 10.3 Å². The Hall–Kier alpha value is -1.91. The third-order valence-electron chi connectivity index (χ3n) is 3.94. The van der Waals surface area contributed by atoms with Gasteiger partial charge in [-0.25, -0.2) is 4.79 Å². The van der Waals surface area contributed by atoms with Gasteiger partial charge in [-0.05, 0) is 31.4 Å². The molecule has 1 fully saturated rings. The van der Waals surface area contributed by atoms with E-state index in [0.29, 0.717) is 18.5 Å². The van der Waals surface area contributed by atoms with Crippen molar-refractivity contribution in [3.63, 3.8) is 0 Å². The van der Waals surface area contributed by atoms with E-state index in [9.17, 15) is 14.7 Å². The Balaban J connectivity index is 2.22. The predicted octanol–water partition coefficient (Wildman–Crippen LogP) is 2.30. The zero-order valence-corrected chi connectivity index (χ0v) is 11.7. The van der Waals surface area contributed by atoms with Crippen LogP contribution in [0.2, 0.25) is 0 Å². The van der Waals surface area contributed by atoms with E-state index < -0.39 is 17.4 Å². The van der Waals surface area contributed by atoms with Crippen LogP contribution in [0, 0.1) is 6.92 Å². The summed E-state index contributed by atoms with van der Waals surface area (Å²) in [6, 6.07) is 3.55. The lowest BCUT2D eigenvalue weighted by Gasteiger charge is -2.29. The molecule has 5 heteroatoms. The number of hydrogen-bond donors (Lipinski definition) is 2. The highest BCUT2D eigenvalue weighted by atomic mass is 16.4. The molecule has 0 aliphatic heterocycles. The van der Waals surface area contributed by atoms with E-state index >= 15 is 0 Å². The minimum atomic E-state index is -1.14. The van der Waals surface area contributed by atoms with Gasteiger partial charge in [-0.1, -0.05) is 31.7 Å². The van der Waals surface area contributed by atoms with Gasteiger partial charge in [0.15, 0.2) is 0 Å². The first kappa shape index (κ1) is 14.5. The van der Waals surface area contributed by atoms with Crippen LogP contribution in [0.5, 0.6) is 0 Å². The normalized spacial score (nSPS) is 18.1. The zero-order valence-electron chi connectivity index (χ0n) is 11.7. The van der Waals surface area contributed by atoms with Gasteiger partial charge in [0.2, 0.25) is 0 Å². The lowest BCUT2D eigenvalue weighted by atomic mass is 9.90. The molecule has 1 aromatic rings. The van der Waals surface area contributed by atoms with Crippen LogP contribution in [0.4, 0.5) is 0 Å². The number of rotatable bonds is 3. The second-order valence-corrected chi connectivity index (χ2v) is 5.42. The number of aromatic nitrogens is 1. The molecule has 0 radical (unpaired) electrons. The summed E-state index contributed by atoms with van der Waals surface area (Å²) >= 11 is 0. The number of aryl methyl sites for hydroxylation is 1. The standard InChI is InChI=1S/C15H20N2O3/c1-11-7-6-10-16-12(11)13(18)17-15(14(19)20)8-4-2-3-5-9-15/h6-7,10H,2-5,8-9H2,1H3,(H,17,18)(H,19,20). The SMILES string of the molecule is Cc1cccnc1C(=O)NC1(C(=O)O)CCCCCC1. The number of carbonyl (C=O) groups is 2. The van der Waals surface area contributed by atoms with Gasteiger partial charge in [0.25, 0.3) is 5.91 Å². The van der Waals surface area contributed by atoms with Crippen LogP contribution >= 0.6 is 0 Å². The maximum Gasteiger partial charge on any atom is 0.329 e. The molecule has 5 nitrogen and oxygen atoms in total. The Kier molecular flexibility index (Phi) is 4.37. The van der Waals surface area contributed by atoms with Gasteiger partial charge in [0.05, 0.1) is 0 Å². The average molecular weight is 276 g/mol. The van der Waals surface area contributed by atoms with Crippen LogP contribution in [0.15, 0.2) is 18.3 Å². The molecule has 1 aliphatic carbocycles. The van der Waals surface area contributed by atoms with Gasteiger partial charge in [0.1, 0.15) is 11.2 Å². The van der Waals surface area contributed by atoms with Gasteiger partial charge in [-0.15, -0.1) is 0 Å². The number of carboxylic acid groups (broad SMARTS) is 1. The number of aliphatic carboxylic acids is 1. The quantitative estimate of drug-likeness (QED) is 0.830. The molecule has 2 N–H and O–H groups in total. The van der Waals surface area contributed by atoms with Crippen LogP contribution in [0.3, 0.4) is 0 Å². The van der Waals surface area contributed by atoms with Crippen molar-refractivity contribution in [3.05, 3.63) is 29.6 Å². The van der Waals surface area contributed by atoms with Gasteiger partial charge in [0, 0.05) is 6.20 Å². The van der Waals surface area contributed by atoms with Crippen molar-refractivity contribution in [1.29, 1.82) is 0 Å². The fourth-order valence-corrected chi connectivity index (χ4v) is 2.72. The van der Waals surface area contributed by atoms with Gasteiger partial charge < -0.3 is 10.4 Å². The second-order valence-electron chi connectivity index (χ2n) is 5.42. The topological polar surface area (TPSA) is 79.3 Å². The molecular formula is C15H20N2O3. The largest absolute Gasteiger partial charge is 0.480 e. The Morgan fingerprint density at radius 3 is 2.45 bits per heavy atom. The molecule has 1 amide bonds. The molecule has 1 aliphatic rings. The molecule has 0 saturated heterocycles. The molecule has 0 unspecified atom stereocenters. The Morgan fingerprint density at radius 1 is 1.25 bits per heavy atom. The molecule has 1 heterocycles. The molecule has 20 heavy (non-hydrogen) atoms. The summed E-state index contributed by atoms with van der Waals surface area (Å²) in [5.74, 6) is -1.34. The summed E-state index contributed by atoms with van der Waals surface area (Å²) in [5, 5.41) is 12.3. The molecule has 0 spiro atoms. The summed E-state index contributed by atoms with van der Waals surface area (Å²) < 4.78 is 0. The maximum atomic E-state index is 12.3. The van der Waals surface area contributed by atoms with Crippen molar-refractivity contribution in [2.24, 2.45) is 0 Å². The lowest BCUT2D eigenvalue weighted by Crippen LogP contribution is -2.54.